The van der Waals surface area contributed by atoms with Crippen LogP contribution in [0.25, 0.3) is 0 Å². The van der Waals surface area contributed by atoms with Gasteiger partial charge < -0.3 is 9.80 Å². The van der Waals surface area contributed by atoms with Crippen molar-refractivity contribution in [1.29, 1.82) is 0 Å². The Balaban J connectivity index is 1.56. The van der Waals surface area contributed by atoms with Gasteiger partial charge in [-0.3, -0.25) is 0 Å². The van der Waals surface area contributed by atoms with Crippen molar-refractivity contribution in [2.75, 3.05) is 26.2 Å². The first-order valence-electron chi connectivity index (χ1n) is 7.43. The normalized spacial score (nSPS) is 20.8. The second-order valence-electron chi connectivity index (χ2n) is 5.65. The van der Waals surface area contributed by atoms with Crippen LogP contribution >= 0.6 is 0 Å². The van der Waals surface area contributed by atoms with E-state index in [9.17, 15) is 4.79 Å². The first-order valence-corrected chi connectivity index (χ1v) is 7.43. The SMILES string of the molecule is O=C(N1CCCC1)N1CCC(c2ccccc2)CC1. The topological polar surface area (TPSA) is 23.6 Å². The fraction of sp³-hybridized carbons (Fsp3) is 0.562. The van der Waals surface area contributed by atoms with Gasteiger partial charge in [-0.05, 0) is 37.2 Å². The smallest absolute Gasteiger partial charge is 0.319 e. The fourth-order valence-corrected chi connectivity index (χ4v) is 3.24. The number of nitrogens with zero attached hydrogens (tertiary/aromatic N) is 2. The number of hydrogen-bond acceptors (Lipinski definition) is 1. The molecule has 2 aliphatic rings. The van der Waals surface area contributed by atoms with Crippen molar-refractivity contribution in [2.24, 2.45) is 0 Å². The van der Waals surface area contributed by atoms with Crippen LogP contribution in [0.3, 0.4) is 0 Å². The van der Waals surface area contributed by atoms with E-state index in [4.69, 9.17) is 0 Å². The number of benzene rings is 1. The zero-order chi connectivity index (χ0) is 13.1. The molecule has 1 aromatic carbocycles. The average Bonchev–Trinajstić information content (AvgIpc) is 3.02. The summed E-state index contributed by atoms with van der Waals surface area (Å²) in [5.41, 5.74) is 1.43. The summed E-state index contributed by atoms with van der Waals surface area (Å²) in [6, 6.07) is 11.0. The molecule has 0 saturated carbocycles. The monoisotopic (exact) mass is 258 g/mol. The van der Waals surface area contributed by atoms with E-state index in [0.29, 0.717) is 5.92 Å². The van der Waals surface area contributed by atoms with Crippen molar-refractivity contribution >= 4 is 6.03 Å². The zero-order valence-corrected chi connectivity index (χ0v) is 11.4. The van der Waals surface area contributed by atoms with E-state index in [1.807, 2.05) is 9.80 Å². The number of rotatable bonds is 1. The maximum atomic E-state index is 12.3. The van der Waals surface area contributed by atoms with E-state index in [1.54, 1.807) is 0 Å². The molecule has 3 rings (SSSR count). The number of piperidine rings is 1. The van der Waals surface area contributed by atoms with E-state index in [0.717, 1.165) is 39.0 Å². The minimum atomic E-state index is 0.268. The van der Waals surface area contributed by atoms with Crippen molar-refractivity contribution < 1.29 is 4.79 Å². The summed E-state index contributed by atoms with van der Waals surface area (Å²) in [5.74, 6) is 0.629. The molecule has 0 radical (unpaired) electrons. The Morgan fingerprint density at radius 3 is 2.11 bits per heavy atom. The minimum absolute atomic E-state index is 0.268. The molecule has 2 aliphatic heterocycles. The summed E-state index contributed by atoms with van der Waals surface area (Å²) in [7, 11) is 0. The number of likely N-dealkylation sites (tertiary alicyclic amines) is 2. The third-order valence-electron chi connectivity index (χ3n) is 4.41. The van der Waals surface area contributed by atoms with E-state index in [-0.39, 0.29) is 6.03 Å². The molecule has 19 heavy (non-hydrogen) atoms. The van der Waals surface area contributed by atoms with Gasteiger partial charge in [-0.15, -0.1) is 0 Å². The van der Waals surface area contributed by atoms with Gasteiger partial charge in [-0.25, -0.2) is 4.79 Å². The third-order valence-corrected chi connectivity index (χ3v) is 4.41. The van der Waals surface area contributed by atoms with Crippen LogP contribution in [0.5, 0.6) is 0 Å². The van der Waals surface area contributed by atoms with Gasteiger partial charge >= 0.3 is 6.03 Å². The molecule has 0 aromatic heterocycles. The molecule has 3 nitrogen and oxygen atoms in total. The highest BCUT2D eigenvalue weighted by Crippen LogP contribution is 2.28. The molecule has 0 unspecified atom stereocenters. The lowest BCUT2D eigenvalue weighted by molar-refractivity contribution is 0.148. The Bertz CT molecular complexity index is 418. The molecular formula is C16H22N2O. The number of amides is 2. The summed E-state index contributed by atoms with van der Waals surface area (Å²) in [4.78, 5) is 16.4. The Morgan fingerprint density at radius 1 is 0.895 bits per heavy atom. The minimum Gasteiger partial charge on any atom is -0.325 e. The van der Waals surface area contributed by atoms with E-state index in [2.05, 4.69) is 30.3 Å². The lowest BCUT2D eigenvalue weighted by atomic mass is 9.90. The Labute approximate surface area is 115 Å². The number of carbonyl (C=O) groups excluding carboxylic acids is 1. The summed E-state index contributed by atoms with van der Waals surface area (Å²) in [5, 5.41) is 0. The van der Waals surface area contributed by atoms with Gasteiger partial charge in [0.05, 0.1) is 0 Å². The van der Waals surface area contributed by atoms with Gasteiger partial charge in [0.15, 0.2) is 0 Å². The quantitative estimate of drug-likeness (QED) is 0.759. The molecule has 3 heteroatoms. The molecule has 0 spiro atoms. The Hall–Kier alpha value is -1.51. The highest BCUT2D eigenvalue weighted by Gasteiger charge is 2.27. The van der Waals surface area contributed by atoms with Crippen LogP contribution in [-0.4, -0.2) is 42.0 Å². The molecule has 0 N–H and O–H groups in total. The van der Waals surface area contributed by atoms with E-state index < -0.39 is 0 Å². The summed E-state index contributed by atoms with van der Waals surface area (Å²) in [6.45, 7) is 3.73. The zero-order valence-electron chi connectivity index (χ0n) is 11.4. The predicted molar refractivity (Wildman–Crippen MR) is 76.2 cm³/mol. The highest BCUT2D eigenvalue weighted by molar-refractivity contribution is 5.74. The molecule has 0 bridgehead atoms. The van der Waals surface area contributed by atoms with Crippen LogP contribution in [0.2, 0.25) is 0 Å². The second kappa shape index (κ2) is 5.64. The predicted octanol–water partition coefficient (Wildman–Crippen LogP) is 3.08. The standard InChI is InChI=1S/C16H22N2O/c19-16(17-10-4-5-11-17)18-12-8-15(9-13-18)14-6-2-1-3-7-14/h1-3,6-7,15H,4-5,8-13H2. The molecule has 1 aromatic rings. The van der Waals surface area contributed by atoms with Crippen LogP contribution in [0.4, 0.5) is 4.79 Å². The first-order chi connectivity index (χ1) is 9.34. The molecular weight excluding hydrogens is 236 g/mol. The lowest BCUT2D eigenvalue weighted by Crippen LogP contribution is -2.45. The average molecular weight is 258 g/mol. The summed E-state index contributed by atoms with van der Waals surface area (Å²) >= 11 is 0. The van der Waals surface area contributed by atoms with Crippen molar-refractivity contribution in [3.63, 3.8) is 0 Å². The van der Waals surface area contributed by atoms with Gasteiger partial charge in [0.1, 0.15) is 0 Å². The van der Waals surface area contributed by atoms with Crippen LogP contribution in [-0.2, 0) is 0 Å². The van der Waals surface area contributed by atoms with Crippen LogP contribution in [0.15, 0.2) is 30.3 Å². The molecule has 2 fully saturated rings. The third kappa shape index (κ3) is 2.75. The van der Waals surface area contributed by atoms with Gasteiger partial charge in [0.25, 0.3) is 0 Å². The highest BCUT2D eigenvalue weighted by atomic mass is 16.2. The van der Waals surface area contributed by atoms with Crippen LogP contribution < -0.4 is 0 Å². The maximum absolute atomic E-state index is 12.3. The Kier molecular flexibility index (Phi) is 3.72. The van der Waals surface area contributed by atoms with Crippen LogP contribution in [0, 0.1) is 0 Å². The second-order valence-corrected chi connectivity index (χ2v) is 5.65. The van der Waals surface area contributed by atoms with Gasteiger partial charge in [0, 0.05) is 26.2 Å². The summed E-state index contributed by atoms with van der Waals surface area (Å²) < 4.78 is 0. The van der Waals surface area contributed by atoms with Gasteiger partial charge in [-0.1, -0.05) is 30.3 Å². The van der Waals surface area contributed by atoms with Crippen molar-refractivity contribution in [1.82, 2.24) is 9.80 Å². The molecule has 2 saturated heterocycles. The van der Waals surface area contributed by atoms with E-state index >= 15 is 0 Å². The molecule has 0 aliphatic carbocycles. The Morgan fingerprint density at radius 2 is 1.47 bits per heavy atom. The molecule has 2 amide bonds. The van der Waals surface area contributed by atoms with Crippen molar-refractivity contribution in [2.45, 2.75) is 31.6 Å². The van der Waals surface area contributed by atoms with Gasteiger partial charge in [0.2, 0.25) is 0 Å². The number of carbonyl (C=O) groups is 1. The van der Waals surface area contributed by atoms with Gasteiger partial charge in [-0.2, -0.15) is 0 Å². The largest absolute Gasteiger partial charge is 0.325 e. The fourth-order valence-electron chi connectivity index (χ4n) is 3.24. The van der Waals surface area contributed by atoms with Crippen LogP contribution in [0.1, 0.15) is 37.2 Å². The van der Waals surface area contributed by atoms with Crippen molar-refractivity contribution in [3.05, 3.63) is 35.9 Å². The molecule has 102 valence electrons. The number of urea groups is 1. The molecule has 0 atom stereocenters. The molecule has 2 heterocycles. The maximum Gasteiger partial charge on any atom is 0.319 e. The first kappa shape index (κ1) is 12.5. The summed E-state index contributed by atoms with van der Waals surface area (Å²) in [6.07, 6.45) is 4.55. The number of hydrogen-bond donors (Lipinski definition) is 0. The van der Waals surface area contributed by atoms with Crippen molar-refractivity contribution in [3.8, 4) is 0 Å². The lowest BCUT2D eigenvalue weighted by Gasteiger charge is -2.34. The van der Waals surface area contributed by atoms with E-state index in [1.165, 1.54) is 18.4 Å².